The standard InChI is InChI=1S/C23H24O5.3C2H6/c1-13-10-15(11-14(2)20(13)24)21(25)19-16-8-6-7-9-17(16)28-18(19)12-23(3,4)22(26)27-5;3*1-2/h6-11,24H,12H2,1-5H3;3*1-2H3. The summed E-state index contributed by atoms with van der Waals surface area (Å²) in [6, 6.07) is 10.7. The highest BCUT2D eigenvalue weighted by Crippen LogP contribution is 2.34. The number of furan rings is 1. The van der Waals surface area contributed by atoms with Crippen molar-refractivity contribution >= 4 is 22.7 Å². The summed E-state index contributed by atoms with van der Waals surface area (Å²) >= 11 is 0. The fourth-order valence-electron chi connectivity index (χ4n) is 3.45. The second-order valence-corrected chi connectivity index (χ2v) is 7.74. The summed E-state index contributed by atoms with van der Waals surface area (Å²) in [5, 5.41) is 10.7. The fourth-order valence-corrected chi connectivity index (χ4v) is 3.45. The molecule has 5 heteroatoms. The molecule has 0 saturated heterocycles. The lowest BCUT2D eigenvalue weighted by Crippen LogP contribution is -2.28. The van der Waals surface area contributed by atoms with E-state index in [9.17, 15) is 14.7 Å². The van der Waals surface area contributed by atoms with Crippen LogP contribution in [-0.2, 0) is 16.0 Å². The number of phenols is 1. The average molecular weight is 471 g/mol. The summed E-state index contributed by atoms with van der Waals surface area (Å²) in [6.07, 6.45) is 0.228. The molecule has 5 nitrogen and oxygen atoms in total. The number of benzene rings is 2. The van der Waals surface area contributed by atoms with Crippen molar-refractivity contribution in [3.8, 4) is 5.75 Å². The predicted octanol–water partition coefficient (Wildman–Crippen LogP) is 7.81. The van der Waals surface area contributed by atoms with Crippen molar-refractivity contribution in [2.75, 3.05) is 7.11 Å². The first kappa shape index (κ1) is 30.9. The maximum Gasteiger partial charge on any atom is 0.311 e. The Morgan fingerprint density at radius 3 is 1.94 bits per heavy atom. The van der Waals surface area contributed by atoms with Crippen LogP contribution in [0, 0.1) is 19.3 Å². The highest BCUT2D eigenvalue weighted by molar-refractivity contribution is 6.17. The number of ether oxygens (including phenoxy) is 1. The molecule has 34 heavy (non-hydrogen) atoms. The Bertz CT molecular complexity index is 1050. The van der Waals surface area contributed by atoms with Gasteiger partial charge in [-0.15, -0.1) is 0 Å². The van der Waals surface area contributed by atoms with E-state index in [-0.39, 0.29) is 23.9 Å². The number of rotatable bonds is 5. The highest BCUT2D eigenvalue weighted by Gasteiger charge is 2.33. The molecule has 1 heterocycles. The van der Waals surface area contributed by atoms with Gasteiger partial charge in [0, 0.05) is 17.4 Å². The van der Waals surface area contributed by atoms with Gasteiger partial charge < -0.3 is 14.3 Å². The van der Waals surface area contributed by atoms with Gasteiger partial charge in [0.1, 0.15) is 17.1 Å². The number of methoxy groups -OCH3 is 1. The molecule has 0 aliphatic carbocycles. The molecule has 1 N–H and O–H groups in total. The van der Waals surface area contributed by atoms with E-state index in [1.54, 1.807) is 45.9 Å². The Hall–Kier alpha value is -3.08. The Morgan fingerprint density at radius 2 is 1.44 bits per heavy atom. The van der Waals surface area contributed by atoms with Gasteiger partial charge in [-0.3, -0.25) is 9.59 Å². The summed E-state index contributed by atoms with van der Waals surface area (Å²) < 4.78 is 10.9. The van der Waals surface area contributed by atoms with Crippen molar-refractivity contribution in [1.82, 2.24) is 0 Å². The molecule has 0 atom stereocenters. The van der Waals surface area contributed by atoms with Gasteiger partial charge in [-0.05, 0) is 57.0 Å². The zero-order chi connectivity index (χ0) is 26.6. The summed E-state index contributed by atoms with van der Waals surface area (Å²) in [7, 11) is 1.34. The van der Waals surface area contributed by atoms with Gasteiger partial charge in [0.2, 0.25) is 0 Å². The third-order valence-corrected chi connectivity index (χ3v) is 4.99. The van der Waals surface area contributed by atoms with E-state index in [0.717, 1.165) is 0 Å². The third-order valence-electron chi connectivity index (χ3n) is 4.99. The zero-order valence-corrected chi connectivity index (χ0v) is 22.8. The topological polar surface area (TPSA) is 76.7 Å². The SMILES string of the molecule is CC.CC.CC.COC(=O)C(C)(C)Cc1oc2ccccc2c1C(=O)c1cc(C)c(O)c(C)c1. The number of aromatic hydroxyl groups is 1. The lowest BCUT2D eigenvalue weighted by molar-refractivity contribution is -0.150. The van der Waals surface area contributed by atoms with Gasteiger partial charge in [0.25, 0.3) is 0 Å². The highest BCUT2D eigenvalue weighted by atomic mass is 16.5. The smallest absolute Gasteiger partial charge is 0.311 e. The van der Waals surface area contributed by atoms with Crippen LogP contribution < -0.4 is 0 Å². The first-order chi connectivity index (χ1) is 16.2. The van der Waals surface area contributed by atoms with Crippen LogP contribution in [0.4, 0.5) is 0 Å². The molecule has 2 aromatic carbocycles. The van der Waals surface area contributed by atoms with Gasteiger partial charge in [0.15, 0.2) is 5.78 Å². The zero-order valence-electron chi connectivity index (χ0n) is 22.8. The van der Waals surface area contributed by atoms with Crippen LogP contribution in [0.25, 0.3) is 11.0 Å². The Kier molecular flexibility index (Phi) is 13.0. The van der Waals surface area contributed by atoms with Crippen LogP contribution in [0.5, 0.6) is 5.75 Å². The maximum atomic E-state index is 13.4. The van der Waals surface area contributed by atoms with Gasteiger partial charge in [-0.2, -0.15) is 0 Å². The van der Waals surface area contributed by atoms with E-state index in [2.05, 4.69) is 0 Å². The van der Waals surface area contributed by atoms with Crippen LogP contribution in [0.2, 0.25) is 0 Å². The minimum atomic E-state index is -0.849. The lowest BCUT2D eigenvalue weighted by Gasteiger charge is -2.20. The molecule has 0 saturated carbocycles. The predicted molar refractivity (Wildman–Crippen MR) is 141 cm³/mol. The van der Waals surface area contributed by atoms with Gasteiger partial charge in [-0.25, -0.2) is 0 Å². The molecule has 0 radical (unpaired) electrons. The van der Waals surface area contributed by atoms with E-state index in [0.29, 0.717) is 39.0 Å². The number of para-hydroxylation sites is 1. The minimum Gasteiger partial charge on any atom is -0.507 e. The van der Waals surface area contributed by atoms with E-state index < -0.39 is 5.41 Å². The van der Waals surface area contributed by atoms with Crippen molar-refractivity contribution < 1.29 is 23.8 Å². The Morgan fingerprint density at radius 1 is 0.941 bits per heavy atom. The molecule has 0 bridgehead atoms. The number of aryl methyl sites for hydroxylation is 2. The van der Waals surface area contributed by atoms with Crippen LogP contribution >= 0.6 is 0 Å². The first-order valence-corrected chi connectivity index (χ1v) is 12.1. The second-order valence-electron chi connectivity index (χ2n) is 7.74. The van der Waals surface area contributed by atoms with Crippen molar-refractivity contribution in [1.29, 1.82) is 0 Å². The normalized spacial score (nSPS) is 10.1. The lowest BCUT2D eigenvalue weighted by atomic mass is 9.85. The van der Waals surface area contributed by atoms with Crippen molar-refractivity contribution in [2.45, 2.75) is 75.7 Å². The maximum absolute atomic E-state index is 13.4. The van der Waals surface area contributed by atoms with Gasteiger partial charge in [-0.1, -0.05) is 59.7 Å². The number of ketones is 1. The van der Waals surface area contributed by atoms with Crippen LogP contribution in [0.3, 0.4) is 0 Å². The van der Waals surface area contributed by atoms with Gasteiger partial charge >= 0.3 is 5.97 Å². The van der Waals surface area contributed by atoms with Crippen LogP contribution in [0.1, 0.15) is 88.2 Å². The summed E-state index contributed by atoms with van der Waals surface area (Å²) in [5.41, 5.74) is 1.92. The number of hydrogen-bond acceptors (Lipinski definition) is 5. The van der Waals surface area contributed by atoms with Gasteiger partial charge in [0.05, 0.1) is 18.1 Å². The van der Waals surface area contributed by atoms with Crippen molar-refractivity contribution in [3.63, 3.8) is 0 Å². The van der Waals surface area contributed by atoms with E-state index in [1.807, 2.05) is 59.7 Å². The fraction of sp³-hybridized carbons (Fsp3) is 0.448. The van der Waals surface area contributed by atoms with E-state index >= 15 is 0 Å². The molecule has 1 aromatic heterocycles. The number of fused-ring (bicyclic) bond motifs is 1. The molecule has 0 spiro atoms. The molecule has 0 fully saturated rings. The molecule has 3 rings (SSSR count). The van der Waals surface area contributed by atoms with Crippen molar-refractivity contribution in [2.24, 2.45) is 5.41 Å². The molecular weight excluding hydrogens is 428 g/mol. The molecular formula is C29H42O5. The molecule has 0 aliphatic rings. The Balaban J connectivity index is 0.00000168. The first-order valence-electron chi connectivity index (χ1n) is 12.1. The number of hydrogen-bond donors (Lipinski definition) is 1. The third kappa shape index (κ3) is 6.96. The minimum absolute atomic E-state index is 0.181. The molecule has 0 aliphatic heterocycles. The molecule has 188 valence electrons. The monoisotopic (exact) mass is 470 g/mol. The number of carbonyl (C=O) groups is 2. The molecule has 3 aromatic rings. The second kappa shape index (κ2) is 14.2. The number of carbonyl (C=O) groups excluding carboxylic acids is 2. The largest absolute Gasteiger partial charge is 0.507 e. The molecule has 0 amide bonds. The Labute approximate surface area is 205 Å². The van der Waals surface area contributed by atoms with Crippen LogP contribution in [0.15, 0.2) is 40.8 Å². The summed E-state index contributed by atoms with van der Waals surface area (Å²) in [4.78, 5) is 25.6. The summed E-state index contributed by atoms with van der Waals surface area (Å²) in [6.45, 7) is 19.0. The number of esters is 1. The molecule has 0 unspecified atom stereocenters. The van der Waals surface area contributed by atoms with E-state index in [4.69, 9.17) is 9.15 Å². The summed E-state index contributed by atoms with van der Waals surface area (Å²) in [5.74, 6) is 0.0557. The quantitative estimate of drug-likeness (QED) is 0.304. The van der Waals surface area contributed by atoms with Crippen molar-refractivity contribution in [3.05, 3.63) is 64.4 Å². The van der Waals surface area contributed by atoms with E-state index in [1.165, 1.54) is 7.11 Å². The average Bonchev–Trinajstić information content (AvgIpc) is 3.21. The van der Waals surface area contributed by atoms with Crippen LogP contribution in [-0.4, -0.2) is 24.0 Å². The number of phenolic OH excluding ortho intramolecular Hbond substituents is 1.